The summed E-state index contributed by atoms with van der Waals surface area (Å²) in [5.41, 5.74) is 0. The van der Waals surface area contributed by atoms with Crippen LogP contribution in [-0.2, 0) is 19.6 Å². The summed E-state index contributed by atoms with van der Waals surface area (Å²) in [6, 6.07) is -1.89. The average Bonchev–Trinajstić information content (AvgIpc) is 2.76. The molecule has 1 aliphatic rings. The van der Waals surface area contributed by atoms with Gasteiger partial charge in [0.15, 0.2) is 0 Å². The third-order valence-electron chi connectivity index (χ3n) is 2.95. The Morgan fingerprint density at radius 1 is 1.58 bits per heavy atom. The second-order valence-electron chi connectivity index (χ2n) is 4.46. The van der Waals surface area contributed by atoms with Gasteiger partial charge in [-0.1, -0.05) is 6.08 Å². The SMILES string of the molecule is C=CCC(NC(=O)C1CCCN1S(C)(=O)=O)C(=O)O. The van der Waals surface area contributed by atoms with Gasteiger partial charge in [-0.05, 0) is 19.3 Å². The summed E-state index contributed by atoms with van der Waals surface area (Å²) in [5.74, 6) is -1.74. The highest BCUT2D eigenvalue weighted by Crippen LogP contribution is 2.20. The van der Waals surface area contributed by atoms with Crippen LogP contribution in [0.4, 0.5) is 0 Å². The lowest BCUT2D eigenvalue weighted by atomic mass is 10.1. The van der Waals surface area contributed by atoms with Crippen molar-refractivity contribution >= 4 is 21.9 Å². The van der Waals surface area contributed by atoms with E-state index in [1.165, 1.54) is 6.08 Å². The molecule has 0 aromatic rings. The molecule has 1 saturated heterocycles. The number of carbonyl (C=O) groups is 2. The number of carboxylic acid groups (broad SMARTS) is 1. The van der Waals surface area contributed by atoms with Crippen molar-refractivity contribution in [1.82, 2.24) is 9.62 Å². The maximum Gasteiger partial charge on any atom is 0.326 e. The maximum atomic E-state index is 12.0. The highest BCUT2D eigenvalue weighted by Gasteiger charge is 2.37. The summed E-state index contributed by atoms with van der Waals surface area (Å²) >= 11 is 0. The van der Waals surface area contributed by atoms with Gasteiger partial charge in [-0.25, -0.2) is 13.2 Å². The molecular weight excluding hydrogens is 272 g/mol. The lowest BCUT2D eigenvalue weighted by Crippen LogP contribution is -2.50. The van der Waals surface area contributed by atoms with Gasteiger partial charge in [0.1, 0.15) is 12.1 Å². The van der Waals surface area contributed by atoms with Crippen LogP contribution in [0.2, 0.25) is 0 Å². The molecule has 0 aromatic heterocycles. The zero-order chi connectivity index (χ0) is 14.6. The van der Waals surface area contributed by atoms with Crippen molar-refractivity contribution in [3.63, 3.8) is 0 Å². The summed E-state index contributed by atoms with van der Waals surface area (Å²) in [4.78, 5) is 22.9. The van der Waals surface area contributed by atoms with Crippen molar-refractivity contribution in [3.8, 4) is 0 Å². The first-order valence-electron chi connectivity index (χ1n) is 5.88. The molecule has 1 heterocycles. The number of carbonyl (C=O) groups excluding carboxylic acids is 1. The van der Waals surface area contributed by atoms with E-state index in [9.17, 15) is 18.0 Å². The molecule has 19 heavy (non-hydrogen) atoms. The fourth-order valence-corrected chi connectivity index (χ4v) is 3.18. The van der Waals surface area contributed by atoms with Crippen LogP contribution in [0, 0.1) is 0 Å². The zero-order valence-corrected chi connectivity index (χ0v) is 11.5. The van der Waals surface area contributed by atoms with E-state index in [1.54, 1.807) is 0 Å². The zero-order valence-electron chi connectivity index (χ0n) is 10.7. The van der Waals surface area contributed by atoms with Crippen LogP contribution in [0.25, 0.3) is 0 Å². The lowest BCUT2D eigenvalue weighted by Gasteiger charge is -2.23. The molecule has 0 bridgehead atoms. The smallest absolute Gasteiger partial charge is 0.326 e. The van der Waals surface area contributed by atoms with E-state index in [0.29, 0.717) is 12.8 Å². The largest absolute Gasteiger partial charge is 0.480 e. The molecule has 2 atom stereocenters. The van der Waals surface area contributed by atoms with Crippen LogP contribution in [0.3, 0.4) is 0 Å². The predicted molar refractivity (Wildman–Crippen MR) is 69.0 cm³/mol. The number of rotatable bonds is 6. The Morgan fingerprint density at radius 2 is 2.21 bits per heavy atom. The van der Waals surface area contributed by atoms with Crippen LogP contribution in [-0.4, -0.2) is 54.6 Å². The third-order valence-corrected chi connectivity index (χ3v) is 4.24. The summed E-state index contributed by atoms with van der Waals surface area (Å²) in [5, 5.41) is 11.3. The fourth-order valence-electron chi connectivity index (χ4n) is 2.06. The van der Waals surface area contributed by atoms with Crippen molar-refractivity contribution in [1.29, 1.82) is 0 Å². The van der Waals surface area contributed by atoms with Crippen LogP contribution in [0.15, 0.2) is 12.7 Å². The first kappa shape index (κ1) is 15.6. The molecule has 1 aliphatic heterocycles. The molecule has 0 aliphatic carbocycles. The molecule has 7 nitrogen and oxygen atoms in total. The van der Waals surface area contributed by atoms with E-state index >= 15 is 0 Å². The minimum atomic E-state index is -3.46. The minimum Gasteiger partial charge on any atom is -0.480 e. The average molecular weight is 290 g/mol. The molecule has 8 heteroatoms. The molecular formula is C11H18N2O5S. The number of hydrogen-bond donors (Lipinski definition) is 2. The highest BCUT2D eigenvalue weighted by molar-refractivity contribution is 7.88. The number of carboxylic acids is 1. The van der Waals surface area contributed by atoms with Crippen LogP contribution >= 0.6 is 0 Å². The summed E-state index contributed by atoms with van der Waals surface area (Å²) < 4.78 is 24.1. The second kappa shape index (κ2) is 6.16. The van der Waals surface area contributed by atoms with E-state index in [0.717, 1.165) is 10.6 Å². The Labute approximate surface area is 112 Å². The first-order chi connectivity index (χ1) is 8.77. The van der Waals surface area contributed by atoms with Crippen molar-refractivity contribution in [2.45, 2.75) is 31.3 Å². The highest BCUT2D eigenvalue weighted by atomic mass is 32.2. The van der Waals surface area contributed by atoms with Crippen LogP contribution < -0.4 is 5.32 Å². The summed E-state index contributed by atoms with van der Waals surface area (Å²) in [7, 11) is -3.46. The Bertz CT molecular complexity index is 473. The first-order valence-corrected chi connectivity index (χ1v) is 7.73. The molecule has 2 unspecified atom stereocenters. The van der Waals surface area contributed by atoms with Gasteiger partial charge in [0.05, 0.1) is 6.26 Å². The topological polar surface area (TPSA) is 104 Å². The van der Waals surface area contributed by atoms with E-state index in [-0.39, 0.29) is 13.0 Å². The van der Waals surface area contributed by atoms with Crippen molar-refractivity contribution < 1.29 is 23.1 Å². The number of amides is 1. The number of nitrogens with one attached hydrogen (secondary N) is 1. The number of sulfonamides is 1. The second-order valence-corrected chi connectivity index (χ2v) is 6.39. The van der Waals surface area contributed by atoms with E-state index in [2.05, 4.69) is 11.9 Å². The monoisotopic (exact) mass is 290 g/mol. The molecule has 0 radical (unpaired) electrons. The van der Waals surface area contributed by atoms with Crippen molar-refractivity contribution in [2.24, 2.45) is 0 Å². The number of hydrogen-bond acceptors (Lipinski definition) is 4. The normalized spacial score (nSPS) is 21.8. The fraction of sp³-hybridized carbons (Fsp3) is 0.636. The quantitative estimate of drug-likeness (QED) is 0.645. The van der Waals surface area contributed by atoms with Crippen LogP contribution in [0.5, 0.6) is 0 Å². The van der Waals surface area contributed by atoms with Gasteiger partial charge in [0.25, 0.3) is 0 Å². The summed E-state index contributed by atoms with van der Waals surface area (Å²) in [6.45, 7) is 3.71. The lowest BCUT2D eigenvalue weighted by molar-refractivity contribution is -0.142. The van der Waals surface area contributed by atoms with Gasteiger partial charge in [-0.3, -0.25) is 4.79 Å². The molecule has 2 N–H and O–H groups in total. The number of aliphatic carboxylic acids is 1. The minimum absolute atomic E-state index is 0.0899. The van der Waals surface area contributed by atoms with Gasteiger partial charge in [0, 0.05) is 6.54 Å². The van der Waals surface area contributed by atoms with Gasteiger partial charge in [-0.2, -0.15) is 4.31 Å². The molecule has 1 amide bonds. The predicted octanol–water partition coefficient (Wildman–Crippen LogP) is -0.444. The standard InChI is InChI=1S/C11H18N2O5S/c1-3-5-8(11(15)16)12-10(14)9-6-4-7-13(9)19(2,17)18/h3,8-9H,1,4-7H2,2H3,(H,12,14)(H,15,16). The molecule has 1 rings (SSSR count). The van der Waals surface area contributed by atoms with Gasteiger partial charge in [0.2, 0.25) is 15.9 Å². The molecule has 108 valence electrons. The molecule has 1 fully saturated rings. The van der Waals surface area contributed by atoms with Crippen molar-refractivity contribution in [3.05, 3.63) is 12.7 Å². The Hall–Kier alpha value is -1.41. The Balaban J connectivity index is 2.77. The van der Waals surface area contributed by atoms with E-state index in [4.69, 9.17) is 5.11 Å². The van der Waals surface area contributed by atoms with Gasteiger partial charge < -0.3 is 10.4 Å². The molecule has 0 spiro atoms. The summed E-state index contributed by atoms with van der Waals surface area (Å²) in [6.07, 6.45) is 3.51. The Kier molecular flexibility index (Phi) is 5.07. The van der Waals surface area contributed by atoms with E-state index < -0.39 is 34.0 Å². The number of nitrogens with zero attached hydrogens (tertiary/aromatic N) is 1. The molecule has 0 saturated carbocycles. The van der Waals surface area contributed by atoms with Crippen molar-refractivity contribution in [2.75, 3.05) is 12.8 Å². The Morgan fingerprint density at radius 3 is 2.68 bits per heavy atom. The van der Waals surface area contributed by atoms with Gasteiger partial charge in [-0.15, -0.1) is 6.58 Å². The van der Waals surface area contributed by atoms with E-state index in [1.807, 2.05) is 0 Å². The third kappa shape index (κ3) is 4.03. The van der Waals surface area contributed by atoms with Crippen LogP contribution in [0.1, 0.15) is 19.3 Å². The van der Waals surface area contributed by atoms with Gasteiger partial charge >= 0.3 is 5.97 Å². The maximum absolute atomic E-state index is 12.0. The molecule has 0 aromatic carbocycles.